The molecule has 0 saturated carbocycles. The summed E-state index contributed by atoms with van der Waals surface area (Å²) in [5, 5.41) is 0. The largest absolute Gasteiger partial charge is 0.298 e. The molecule has 0 aliphatic heterocycles. The van der Waals surface area contributed by atoms with Gasteiger partial charge in [0, 0.05) is 5.56 Å². The van der Waals surface area contributed by atoms with Gasteiger partial charge in [0.15, 0.2) is 6.29 Å². The number of hydrogen-bond donors (Lipinski definition) is 0. The Kier molecular flexibility index (Phi) is 3.72. The summed E-state index contributed by atoms with van der Waals surface area (Å²) in [5.74, 6) is 0. The predicted molar refractivity (Wildman–Crippen MR) is 55.0 cm³/mol. The minimum absolute atomic E-state index is 0.0675. The number of alkyl halides is 2. The van der Waals surface area contributed by atoms with Gasteiger partial charge in [0.2, 0.25) is 0 Å². The molecule has 13 heavy (non-hydrogen) atoms. The smallest absolute Gasteiger partial charge is 0.281 e. The molecule has 0 amide bonds. The quantitative estimate of drug-likeness (QED) is 0.460. The van der Waals surface area contributed by atoms with Gasteiger partial charge in [-0.1, -0.05) is 0 Å². The van der Waals surface area contributed by atoms with Crippen molar-refractivity contribution in [2.45, 2.75) is 6.43 Å². The molecule has 0 unspecified atom stereocenters. The van der Waals surface area contributed by atoms with Crippen LogP contribution >= 0.6 is 38.5 Å². The highest BCUT2D eigenvalue weighted by Gasteiger charge is 2.17. The summed E-state index contributed by atoms with van der Waals surface area (Å²) in [6, 6.07) is 1.43. The monoisotopic (exact) mass is 361 g/mol. The first-order valence-corrected chi connectivity index (χ1v) is 5.02. The molecule has 0 saturated heterocycles. The highest BCUT2D eigenvalue weighted by Crippen LogP contribution is 2.28. The van der Waals surface area contributed by atoms with E-state index in [0.717, 1.165) is 0 Å². The van der Waals surface area contributed by atoms with Gasteiger partial charge in [-0.3, -0.25) is 4.79 Å². The van der Waals surface area contributed by atoms with Gasteiger partial charge in [0.05, 0.1) is 4.47 Å². The summed E-state index contributed by atoms with van der Waals surface area (Å²) in [5.41, 5.74) is -0.205. The van der Waals surface area contributed by atoms with Crippen LogP contribution in [0.3, 0.4) is 0 Å². The van der Waals surface area contributed by atoms with E-state index in [1.165, 1.54) is 6.07 Å². The van der Waals surface area contributed by atoms with E-state index < -0.39 is 12.1 Å². The van der Waals surface area contributed by atoms with Crippen molar-refractivity contribution in [3.05, 3.63) is 25.5 Å². The summed E-state index contributed by atoms with van der Waals surface area (Å²) in [7, 11) is 0. The summed E-state index contributed by atoms with van der Waals surface area (Å²) in [6.07, 6.45) is -2.16. The summed E-state index contributed by atoms with van der Waals surface area (Å²) < 4.78 is 25.1. The fraction of sp³-hybridized carbons (Fsp3) is 0.143. The third kappa shape index (κ3) is 2.43. The first kappa shape index (κ1) is 11.0. The Bertz CT molecular complexity index is 346. The second-order valence-electron chi connectivity index (χ2n) is 2.15. The van der Waals surface area contributed by atoms with Crippen LogP contribution in [0.1, 0.15) is 22.5 Å². The molecule has 0 fully saturated rings. The molecule has 1 aromatic rings. The first-order valence-electron chi connectivity index (χ1n) is 3.15. The van der Waals surface area contributed by atoms with Crippen LogP contribution in [0.25, 0.3) is 0 Å². The van der Waals surface area contributed by atoms with Gasteiger partial charge in [-0.15, -0.1) is 0 Å². The number of hydrogen-bond acceptors (Lipinski definition) is 2. The molecular formula is C7H3BrF2INO. The molecule has 1 heterocycles. The minimum Gasteiger partial charge on any atom is -0.298 e. The third-order valence-electron chi connectivity index (χ3n) is 1.31. The van der Waals surface area contributed by atoms with Crippen LogP contribution in [0.15, 0.2) is 10.5 Å². The van der Waals surface area contributed by atoms with E-state index in [1.54, 1.807) is 22.6 Å². The maximum Gasteiger partial charge on any atom is 0.281 e. The topological polar surface area (TPSA) is 30.0 Å². The Labute approximate surface area is 95.0 Å². The molecule has 0 aliphatic carbocycles. The average molecular weight is 362 g/mol. The van der Waals surface area contributed by atoms with Gasteiger partial charge in [-0.2, -0.15) is 0 Å². The van der Waals surface area contributed by atoms with Gasteiger partial charge in [0.1, 0.15) is 9.39 Å². The van der Waals surface area contributed by atoms with Crippen molar-refractivity contribution in [3.63, 3.8) is 0 Å². The Hall–Kier alpha value is -0.110. The first-order chi connectivity index (χ1) is 6.06. The van der Waals surface area contributed by atoms with Crippen LogP contribution in [-0.2, 0) is 0 Å². The molecule has 0 N–H and O–H groups in total. The molecule has 0 atom stereocenters. The maximum absolute atomic E-state index is 12.3. The number of pyridine rings is 1. The second kappa shape index (κ2) is 4.41. The molecule has 0 radical (unpaired) electrons. The highest BCUT2D eigenvalue weighted by molar-refractivity contribution is 14.1. The lowest BCUT2D eigenvalue weighted by Crippen LogP contribution is -1.98. The Balaban J connectivity index is 3.35. The predicted octanol–water partition coefficient (Wildman–Crippen LogP) is 3.20. The van der Waals surface area contributed by atoms with E-state index in [-0.39, 0.29) is 10.0 Å². The molecule has 0 spiro atoms. The van der Waals surface area contributed by atoms with Crippen LogP contribution in [0, 0.1) is 3.70 Å². The van der Waals surface area contributed by atoms with E-state index in [1.807, 2.05) is 0 Å². The molecule has 6 heteroatoms. The molecule has 70 valence electrons. The maximum atomic E-state index is 12.3. The van der Waals surface area contributed by atoms with E-state index >= 15 is 0 Å². The lowest BCUT2D eigenvalue weighted by Gasteiger charge is -2.04. The van der Waals surface area contributed by atoms with E-state index in [9.17, 15) is 13.6 Å². The number of aldehydes is 1. The Morgan fingerprint density at radius 3 is 2.69 bits per heavy atom. The number of nitrogens with zero attached hydrogens (tertiary/aromatic N) is 1. The van der Waals surface area contributed by atoms with Crippen molar-refractivity contribution in [2.75, 3.05) is 0 Å². The average Bonchev–Trinajstić information content (AvgIpc) is 2.08. The van der Waals surface area contributed by atoms with Gasteiger partial charge < -0.3 is 0 Å². The number of rotatable bonds is 2. The molecule has 0 bridgehead atoms. The molecule has 0 aliphatic rings. The molecular weight excluding hydrogens is 359 g/mol. The van der Waals surface area contributed by atoms with Crippen LogP contribution in [0.2, 0.25) is 0 Å². The van der Waals surface area contributed by atoms with Crippen molar-refractivity contribution in [1.29, 1.82) is 0 Å². The molecule has 0 aromatic carbocycles. The number of aromatic nitrogens is 1. The summed E-state index contributed by atoms with van der Waals surface area (Å²) >= 11 is 4.68. The van der Waals surface area contributed by atoms with Crippen molar-refractivity contribution >= 4 is 44.8 Å². The SMILES string of the molecule is O=Cc1cc(I)nc(C(F)F)c1Br. The molecule has 1 rings (SSSR count). The zero-order valence-corrected chi connectivity index (χ0v) is 9.84. The van der Waals surface area contributed by atoms with E-state index in [2.05, 4.69) is 20.9 Å². The van der Waals surface area contributed by atoms with Gasteiger partial charge in [0.25, 0.3) is 6.43 Å². The fourth-order valence-electron chi connectivity index (χ4n) is 0.766. The van der Waals surface area contributed by atoms with E-state index in [0.29, 0.717) is 9.99 Å². The lowest BCUT2D eigenvalue weighted by atomic mass is 10.2. The number of carbonyl (C=O) groups is 1. The Morgan fingerprint density at radius 2 is 2.23 bits per heavy atom. The van der Waals surface area contributed by atoms with Crippen LogP contribution in [0.5, 0.6) is 0 Å². The number of halogens is 4. The normalized spacial score (nSPS) is 10.5. The number of carbonyl (C=O) groups excluding carboxylic acids is 1. The minimum atomic E-state index is -2.68. The van der Waals surface area contributed by atoms with E-state index in [4.69, 9.17) is 0 Å². The van der Waals surface area contributed by atoms with Gasteiger partial charge >= 0.3 is 0 Å². The summed E-state index contributed by atoms with van der Waals surface area (Å²) in [6.45, 7) is 0. The summed E-state index contributed by atoms with van der Waals surface area (Å²) in [4.78, 5) is 14.1. The zero-order chi connectivity index (χ0) is 10.0. The molecule has 1 aromatic heterocycles. The van der Waals surface area contributed by atoms with Crippen LogP contribution in [-0.4, -0.2) is 11.3 Å². The van der Waals surface area contributed by atoms with Gasteiger partial charge in [-0.05, 0) is 44.6 Å². The highest BCUT2D eigenvalue weighted by atomic mass is 127. The second-order valence-corrected chi connectivity index (χ2v) is 4.05. The Morgan fingerprint density at radius 1 is 1.62 bits per heavy atom. The zero-order valence-electron chi connectivity index (χ0n) is 6.10. The van der Waals surface area contributed by atoms with Crippen molar-refractivity contribution in [3.8, 4) is 0 Å². The third-order valence-corrected chi connectivity index (χ3v) is 2.73. The standard InChI is InChI=1S/C7H3BrF2INO/c8-5-3(2-13)1-4(11)12-6(5)7(9)10/h1-2,7H. The lowest BCUT2D eigenvalue weighted by molar-refractivity contribution is 0.112. The van der Waals surface area contributed by atoms with Crippen molar-refractivity contribution < 1.29 is 13.6 Å². The van der Waals surface area contributed by atoms with Crippen LogP contribution in [0.4, 0.5) is 8.78 Å². The van der Waals surface area contributed by atoms with Gasteiger partial charge in [-0.25, -0.2) is 13.8 Å². The van der Waals surface area contributed by atoms with Crippen molar-refractivity contribution in [2.24, 2.45) is 0 Å². The van der Waals surface area contributed by atoms with Crippen LogP contribution < -0.4 is 0 Å². The fourth-order valence-corrected chi connectivity index (χ4v) is 1.83. The molecule has 2 nitrogen and oxygen atoms in total. The van der Waals surface area contributed by atoms with Crippen molar-refractivity contribution in [1.82, 2.24) is 4.98 Å².